The minimum atomic E-state index is -1.93. The average Bonchev–Trinajstić information content (AvgIpc) is 3.05. The smallest absolute Gasteiger partial charge is 0.338 e. The highest BCUT2D eigenvalue weighted by atomic mass is 19.1. The van der Waals surface area contributed by atoms with E-state index in [1.165, 1.54) is 4.90 Å². The van der Waals surface area contributed by atoms with Crippen LogP contribution in [0.25, 0.3) is 0 Å². The maximum Gasteiger partial charge on any atom is 0.338 e. The van der Waals surface area contributed by atoms with Gasteiger partial charge in [0.2, 0.25) is 11.9 Å². The Morgan fingerprint density at radius 3 is 2.76 bits per heavy atom. The summed E-state index contributed by atoms with van der Waals surface area (Å²) in [6.45, 7) is 2.16. The maximum atomic E-state index is 13.5. The monoisotopic (exact) mass is 296 g/mol. The third-order valence-electron chi connectivity index (χ3n) is 4.10. The van der Waals surface area contributed by atoms with Crippen molar-refractivity contribution in [3.63, 3.8) is 0 Å². The summed E-state index contributed by atoms with van der Waals surface area (Å²) in [4.78, 5) is 28.8. The lowest BCUT2D eigenvalue weighted by Gasteiger charge is -2.15. The second-order valence-electron chi connectivity index (χ2n) is 5.78. The standard InChI is InChI=1S/C14H17FN2O4/c1-7-11(21-12(16-7)8-2-3-8)13(18)17-5-4-9(6-17)10(15)14(19)20/h8-10H,2-6H2,1H3,(H,19,20). The molecule has 0 bridgehead atoms. The number of likely N-dealkylation sites (tertiary alicyclic amines) is 1. The van der Waals surface area contributed by atoms with Gasteiger partial charge in [0.15, 0.2) is 5.89 Å². The van der Waals surface area contributed by atoms with Gasteiger partial charge in [0.1, 0.15) is 0 Å². The molecule has 2 fully saturated rings. The highest BCUT2D eigenvalue weighted by Gasteiger charge is 2.38. The Kier molecular flexibility index (Phi) is 3.43. The number of carbonyl (C=O) groups excluding carboxylic acids is 1. The van der Waals surface area contributed by atoms with Crippen LogP contribution >= 0.6 is 0 Å². The van der Waals surface area contributed by atoms with E-state index in [0.29, 0.717) is 30.5 Å². The normalized spacial score (nSPS) is 23.3. The largest absolute Gasteiger partial charge is 0.479 e. The van der Waals surface area contributed by atoms with Crippen molar-refractivity contribution < 1.29 is 23.5 Å². The first kappa shape index (κ1) is 14.0. The lowest BCUT2D eigenvalue weighted by atomic mass is 10.0. The van der Waals surface area contributed by atoms with Gasteiger partial charge in [-0.1, -0.05) is 0 Å². The fourth-order valence-corrected chi connectivity index (χ4v) is 2.68. The average molecular weight is 296 g/mol. The van der Waals surface area contributed by atoms with Gasteiger partial charge in [-0.2, -0.15) is 0 Å². The third kappa shape index (κ3) is 2.64. The first-order valence-electron chi connectivity index (χ1n) is 7.11. The van der Waals surface area contributed by atoms with Crippen molar-refractivity contribution in [2.45, 2.75) is 38.3 Å². The van der Waals surface area contributed by atoms with Crippen LogP contribution in [0.3, 0.4) is 0 Å². The molecule has 1 N–H and O–H groups in total. The van der Waals surface area contributed by atoms with Gasteiger partial charge in [0.25, 0.3) is 5.91 Å². The lowest BCUT2D eigenvalue weighted by Crippen LogP contribution is -2.32. The molecule has 0 spiro atoms. The molecule has 1 aromatic heterocycles. The number of rotatable bonds is 4. The zero-order chi connectivity index (χ0) is 15.1. The molecule has 7 heteroatoms. The van der Waals surface area contributed by atoms with Crippen molar-refractivity contribution in [1.82, 2.24) is 9.88 Å². The molecule has 2 unspecified atom stereocenters. The molecule has 114 valence electrons. The first-order valence-corrected chi connectivity index (χ1v) is 7.11. The summed E-state index contributed by atoms with van der Waals surface area (Å²) in [6.07, 6.45) is 0.478. The summed E-state index contributed by atoms with van der Waals surface area (Å²) in [5, 5.41) is 8.69. The molecule has 0 radical (unpaired) electrons. The predicted molar refractivity (Wildman–Crippen MR) is 69.8 cm³/mol. The molecule has 2 atom stereocenters. The van der Waals surface area contributed by atoms with Crippen LogP contribution in [0.4, 0.5) is 4.39 Å². The fourth-order valence-electron chi connectivity index (χ4n) is 2.68. The van der Waals surface area contributed by atoms with E-state index in [1.807, 2.05) is 0 Å². The molecular formula is C14H17FN2O4. The molecule has 0 aromatic carbocycles. The number of carboxylic acids is 1. The number of hydrogen-bond donors (Lipinski definition) is 1. The number of carboxylic acid groups (broad SMARTS) is 1. The number of alkyl halides is 1. The van der Waals surface area contributed by atoms with Crippen molar-refractivity contribution in [3.05, 3.63) is 17.3 Å². The van der Waals surface area contributed by atoms with E-state index in [-0.39, 0.29) is 18.2 Å². The van der Waals surface area contributed by atoms with Gasteiger partial charge in [0, 0.05) is 24.9 Å². The molecular weight excluding hydrogens is 279 g/mol. The van der Waals surface area contributed by atoms with Crippen molar-refractivity contribution in [1.29, 1.82) is 0 Å². The van der Waals surface area contributed by atoms with E-state index in [2.05, 4.69) is 4.98 Å². The van der Waals surface area contributed by atoms with Gasteiger partial charge in [-0.3, -0.25) is 4.79 Å². The number of carbonyl (C=O) groups is 2. The summed E-state index contributed by atoms with van der Waals surface area (Å²) >= 11 is 0. The predicted octanol–water partition coefficient (Wildman–Crippen LogP) is 1.75. The van der Waals surface area contributed by atoms with E-state index in [9.17, 15) is 14.0 Å². The van der Waals surface area contributed by atoms with Crippen LogP contribution < -0.4 is 0 Å². The van der Waals surface area contributed by atoms with Crippen LogP contribution in [0.2, 0.25) is 0 Å². The van der Waals surface area contributed by atoms with E-state index in [4.69, 9.17) is 9.52 Å². The number of aryl methyl sites for hydroxylation is 1. The Morgan fingerprint density at radius 2 is 2.14 bits per heavy atom. The molecule has 2 aliphatic rings. The Labute approximate surface area is 120 Å². The quantitative estimate of drug-likeness (QED) is 0.915. The van der Waals surface area contributed by atoms with Crippen LogP contribution in [-0.2, 0) is 4.79 Å². The Balaban J connectivity index is 1.70. The number of hydrogen-bond acceptors (Lipinski definition) is 4. The Hall–Kier alpha value is -1.92. The summed E-state index contributed by atoms with van der Waals surface area (Å²) in [5.41, 5.74) is 0.542. The van der Waals surface area contributed by atoms with Gasteiger partial charge in [-0.15, -0.1) is 0 Å². The summed E-state index contributed by atoms with van der Waals surface area (Å²) < 4.78 is 19.0. The molecule has 6 nitrogen and oxygen atoms in total. The Morgan fingerprint density at radius 1 is 1.43 bits per heavy atom. The SMILES string of the molecule is Cc1nc(C2CC2)oc1C(=O)N1CCC(C(F)C(=O)O)C1. The molecule has 1 saturated carbocycles. The minimum Gasteiger partial charge on any atom is -0.479 e. The number of nitrogens with zero attached hydrogens (tertiary/aromatic N) is 2. The third-order valence-corrected chi connectivity index (χ3v) is 4.10. The van der Waals surface area contributed by atoms with E-state index >= 15 is 0 Å². The van der Waals surface area contributed by atoms with Gasteiger partial charge in [-0.05, 0) is 26.2 Å². The van der Waals surface area contributed by atoms with E-state index in [0.717, 1.165) is 12.8 Å². The number of amides is 1. The van der Waals surface area contributed by atoms with Crippen molar-refractivity contribution in [3.8, 4) is 0 Å². The molecule has 1 aromatic rings. The molecule has 21 heavy (non-hydrogen) atoms. The van der Waals surface area contributed by atoms with Crippen LogP contribution in [-0.4, -0.2) is 46.1 Å². The van der Waals surface area contributed by atoms with Crippen LogP contribution in [0.15, 0.2) is 4.42 Å². The highest BCUT2D eigenvalue weighted by Crippen LogP contribution is 2.40. The van der Waals surface area contributed by atoms with Gasteiger partial charge >= 0.3 is 5.97 Å². The van der Waals surface area contributed by atoms with Crippen LogP contribution in [0, 0.1) is 12.8 Å². The molecule has 3 rings (SSSR count). The van der Waals surface area contributed by atoms with Gasteiger partial charge in [-0.25, -0.2) is 14.2 Å². The molecule has 1 aliphatic carbocycles. The van der Waals surface area contributed by atoms with Crippen molar-refractivity contribution in [2.75, 3.05) is 13.1 Å². The summed E-state index contributed by atoms with van der Waals surface area (Å²) in [7, 11) is 0. The number of halogens is 1. The number of oxazole rings is 1. The van der Waals surface area contributed by atoms with Gasteiger partial charge < -0.3 is 14.4 Å². The second-order valence-corrected chi connectivity index (χ2v) is 5.78. The summed E-state index contributed by atoms with van der Waals surface area (Å²) in [5.74, 6) is -1.34. The maximum absolute atomic E-state index is 13.5. The number of aromatic nitrogens is 1. The lowest BCUT2D eigenvalue weighted by molar-refractivity contribution is -0.144. The van der Waals surface area contributed by atoms with E-state index in [1.54, 1.807) is 6.92 Å². The highest BCUT2D eigenvalue weighted by molar-refractivity contribution is 5.92. The topological polar surface area (TPSA) is 83.6 Å². The fraction of sp³-hybridized carbons (Fsp3) is 0.643. The first-order chi connectivity index (χ1) is 9.97. The molecule has 1 saturated heterocycles. The number of aliphatic carboxylic acids is 1. The van der Waals surface area contributed by atoms with E-state index < -0.39 is 18.1 Å². The van der Waals surface area contributed by atoms with Crippen LogP contribution in [0.5, 0.6) is 0 Å². The second kappa shape index (κ2) is 5.13. The Bertz CT molecular complexity index is 582. The zero-order valence-corrected chi connectivity index (χ0v) is 11.7. The molecule has 1 amide bonds. The van der Waals surface area contributed by atoms with Crippen molar-refractivity contribution >= 4 is 11.9 Å². The minimum absolute atomic E-state index is 0.102. The zero-order valence-electron chi connectivity index (χ0n) is 11.7. The van der Waals surface area contributed by atoms with Crippen molar-refractivity contribution in [2.24, 2.45) is 5.92 Å². The molecule has 1 aliphatic heterocycles. The molecule has 2 heterocycles. The van der Waals surface area contributed by atoms with Crippen LogP contribution in [0.1, 0.15) is 47.3 Å². The van der Waals surface area contributed by atoms with Gasteiger partial charge in [0.05, 0.1) is 5.69 Å². The summed E-state index contributed by atoms with van der Waals surface area (Å²) in [6, 6.07) is 0.